The minimum absolute atomic E-state index is 0.0850. The summed E-state index contributed by atoms with van der Waals surface area (Å²) in [6.45, 7) is 5.41. The Bertz CT molecular complexity index is 1140. The lowest BCUT2D eigenvalue weighted by molar-refractivity contribution is 0.0853. The van der Waals surface area contributed by atoms with Gasteiger partial charge in [-0.2, -0.15) is 0 Å². The van der Waals surface area contributed by atoms with E-state index in [4.69, 9.17) is 18.6 Å². The maximum atomic E-state index is 12.5. The summed E-state index contributed by atoms with van der Waals surface area (Å²) in [7, 11) is 0. The summed E-state index contributed by atoms with van der Waals surface area (Å²) >= 11 is 0. The molecule has 34 heavy (non-hydrogen) atoms. The Kier molecular flexibility index (Phi) is 6.78. The average molecular weight is 464 g/mol. The van der Waals surface area contributed by atoms with Crippen LogP contribution in [0.3, 0.4) is 0 Å². The van der Waals surface area contributed by atoms with Gasteiger partial charge in [-0.05, 0) is 43.0 Å². The van der Waals surface area contributed by atoms with Gasteiger partial charge < -0.3 is 23.9 Å². The van der Waals surface area contributed by atoms with Gasteiger partial charge in [-0.1, -0.05) is 35.9 Å². The first-order valence-electron chi connectivity index (χ1n) is 11.6. The molecule has 5 rings (SSSR count). The van der Waals surface area contributed by atoms with Crippen molar-refractivity contribution >= 4 is 5.91 Å². The second kappa shape index (κ2) is 10.3. The minimum atomic E-state index is -0.244. The lowest BCUT2D eigenvalue weighted by atomic mass is 10.1. The second-order valence-corrected chi connectivity index (χ2v) is 8.79. The van der Waals surface area contributed by atoms with Crippen molar-refractivity contribution in [1.29, 1.82) is 0 Å². The quantitative estimate of drug-likeness (QED) is 0.516. The average Bonchev–Trinajstić information content (AvgIpc) is 3.59. The Labute approximate surface area is 198 Å². The van der Waals surface area contributed by atoms with Crippen molar-refractivity contribution in [1.82, 2.24) is 15.2 Å². The Morgan fingerprint density at radius 3 is 2.76 bits per heavy atom. The van der Waals surface area contributed by atoms with E-state index >= 15 is 0 Å². The van der Waals surface area contributed by atoms with E-state index in [1.165, 1.54) is 17.4 Å². The molecule has 1 fully saturated rings. The van der Waals surface area contributed by atoms with Crippen LogP contribution in [-0.4, -0.2) is 41.8 Å². The molecule has 2 aromatic carbocycles. The van der Waals surface area contributed by atoms with Gasteiger partial charge in [0, 0.05) is 26.2 Å². The van der Waals surface area contributed by atoms with Crippen LogP contribution >= 0.6 is 0 Å². The highest BCUT2D eigenvalue weighted by molar-refractivity contribution is 5.91. The molecule has 3 aromatic rings. The molecule has 0 bridgehead atoms. The molecule has 1 atom stereocenters. The summed E-state index contributed by atoms with van der Waals surface area (Å²) in [5.74, 6) is 1.77. The monoisotopic (exact) mass is 463 g/mol. The lowest BCUT2D eigenvalue weighted by Gasteiger charge is -2.21. The molecule has 1 saturated heterocycles. The highest BCUT2D eigenvalue weighted by Crippen LogP contribution is 2.33. The molecule has 1 N–H and O–H groups in total. The van der Waals surface area contributed by atoms with Crippen LogP contribution in [0.25, 0.3) is 0 Å². The summed E-state index contributed by atoms with van der Waals surface area (Å²) in [4.78, 5) is 19.2. The van der Waals surface area contributed by atoms with E-state index in [-0.39, 0.29) is 24.5 Å². The number of benzene rings is 2. The van der Waals surface area contributed by atoms with Crippen molar-refractivity contribution in [3.05, 3.63) is 77.0 Å². The molecule has 178 valence electrons. The molecule has 0 saturated carbocycles. The van der Waals surface area contributed by atoms with E-state index in [0.29, 0.717) is 32.1 Å². The van der Waals surface area contributed by atoms with Crippen LogP contribution in [0, 0.1) is 6.92 Å². The Hall–Kier alpha value is -3.36. The number of ether oxygens (including phenoxy) is 3. The third-order valence-electron chi connectivity index (χ3n) is 5.99. The molecule has 3 heterocycles. The first-order valence-corrected chi connectivity index (χ1v) is 11.6. The van der Waals surface area contributed by atoms with Crippen molar-refractivity contribution in [2.75, 3.05) is 19.9 Å². The number of aromatic nitrogens is 1. The highest BCUT2D eigenvalue weighted by atomic mass is 16.7. The maximum Gasteiger partial charge on any atom is 0.273 e. The summed E-state index contributed by atoms with van der Waals surface area (Å²) in [5, 5.41) is 2.89. The largest absolute Gasteiger partial charge is 0.454 e. The smallest absolute Gasteiger partial charge is 0.273 e. The van der Waals surface area contributed by atoms with Gasteiger partial charge in [-0.15, -0.1) is 0 Å². The zero-order chi connectivity index (χ0) is 23.3. The molecular formula is C26H29N3O5. The summed E-state index contributed by atoms with van der Waals surface area (Å²) in [5.41, 5.74) is 3.79. The maximum absolute atomic E-state index is 12.5. The summed E-state index contributed by atoms with van der Waals surface area (Å²) in [6, 6.07) is 14.4. The molecule has 0 unspecified atom stereocenters. The van der Waals surface area contributed by atoms with Gasteiger partial charge in [0.05, 0.1) is 12.6 Å². The molecule has 1 aromatic heterocycles. The van der Waals surface area contributed by atoms with Gasteiger partial charge in [0.1, 0.15) is 6.26 Å². The van der Waals surface area contributed by atoms with Crippen LogP contribution in [0.4, 0.5) is 0 Å². The zero-order valence-corrected chi connectivity index (χ0v) is 19.3. The van der Waals surface area contributed by atoms with Crippen LogP contribution in [0.1, 0.15) is 45.9 Å². The van der Waals surface area contributed by atoms with E-state index in [1.54, 1.807) is 0 Å². The van der Waals surface area contributed by atoms with E-state index in [0.717, 1.165) is 36.5 Å². The predicted molar refractivity (Wildman–Crippen MR) is 125 cm³/mol. The van der Waals surface area contributed by atoms with Gasteiger partial charge in [0.2, 0.25) is 12.7 Å². The molecule has 1 amide bonds. The van der Waals surface area contributed by atoms with Crippen LogP contribution in [0.15, 0.2) is 53.1 Å². The Morgan fingerprint density at radius 2 is 1.94 bits per heavy atom. The van der Waals surface area contributed by atoms with Crippen LogP contribution in [0.5, 0.6) is 11.5 Å². The van der Waals surface area contributed by atoms with E-state index in [2.05, 4.69) is 46.4 Å². The summed E-state index contributed by atoms with van der Waals surface area (Å²) in [6.07, 6.45) is 3.51. The number of hydrogen-bond acceptors (Lipinski definition) is 7. The number of carbonyl (C=O) groups excluding carboxylic acids is 1. The fraction of sp³-hybridized carbons (Fsp3) is 0.385. The Balaban J connectivity index is 1.27. The van der Waals surface area contributed by atoms with Gasteiger partial charge >= 0.3 is 0 Å². The normalized spacial score (nSPS) is 16.8. The van der Waals surface area contributed by atoms with E-state index in [1.807, 2.05) is 18.2 Å². The van der Waals surface area contributed by atoms with Crippen molar-refractivity contribution in [3.63, 3.8) is 0 Å². The first kappa shape index (κ1) is 22.4. The number of aryl methyl sites for hydroxylation is 1. The first-order chi connectivity index (χ1) is 16.6. The van der Waals surface area contributed by atoms with E-state index < -0.39 is 0 Å². The summed E-state index contributed by atoms with van der Waals surface area (Å²) < 4.78 is 22.2. The van der Waals surface area contributed by atoms with Gasteiger partial charge in [0.15, 0.2) is 17.2 Å². The van der Waals surface area contributed by atoms with Gasteiger partial charge in [0.25, 0.3) is 5.91 Å². The highest BCUT2D eigenvalue weighted by Gasteiger charge is 2.20. The predicted octanol–water partition coefficient (Wildman–Crippen LogP) is 3.82. The van der Waals surface area contributed by atoms with E-state index in [9.17, 15) is 4.79 Å². The van der Waals surface area contributed by atoms with Crippen LogP contribution in [0.2, 0.25) is 0 Å². The number of carbonyl (C=O) groups is 1. The topological polar surface area (TPSA) is 86.1 Å². The van der Waals surface area contributed by atoms with Gasteiger partial charge in [-0.25, -0.2) is 4.98 Å². The molecule has 0 aliphatic carbocycles. The molecule has 8 heteroatoms. The third kappa shape index (κ3) is 5.58. The number of fused-ring (bicyclic) bond motifs is 1. The van der Waals surface area contributed by atoms with Crippen LogP contribution < -0.4 is 14.8 Å². The SMILES string of the molecule is Cc1cccc(CN(Cc2ccc3c(c2)OCO3)Cc2nc(C(=O)NC[C@@H]3CCCO3)co2)c1. The fourth-order valence-electron chi connectivity index (χ4n) is 4.32. The number of nitrogens with zero attached hydrogens (tertiary/aromatic N) is 2. The second-order valence-electron chi connectivity index (χ2n) is 8.79. The van der Waals surface area contributed by atoms with Crippen molar-refractivity contribution in [2.45, 2.75) is 45.5 Å². The van der Waals surface area contributed by atoms with Crippen LogP contribution in [-0.2, 0) is 24.4 Å². The number of oxazole rings is 1. The third-order valence-corrected chi connectivity index (χ3v) is 5.99. The molecule has 0 spiro atoms. The molecule has 0 radical (unpaired) electrons. The number of nitrogens with one attached hydrogen (secondary N) is 1. The number of hydrogen-bond donors (Lipinski definition) is 1. The Morgan fingerprint density at radius 1 is 1.09 bits per heavy atom. The van der Waals surface area contributed by atoms with Crippen molar-refractivity contribution in [2.24, 2.45) is 0 Å². The van der Waals surface area contributed by atoms with Crippen molar-refractivity contribution in [3.8, 4) is 11.5 Å². The molecular weight excluding hydrogens is 434 g/mol. The number of rotatable bonds is 9. The molecule has 2 aliphatic rings. The fourth-order valence-corrected chi connectivity index (χ4v) is 4.32. The molecule has 2 aliphatic heterocycles. The molecule has 8 nitrogen and oxygen atoms in total. The lowest BCUT2D eigenvalue weighted by Crippen LogP contribution is -2.32. The minimum Gasteiger partial charge on any atom is -0.454 e. The number of amides is 1. The van der Waals surface area contributed by atoms with Crippen molar-refractivity contribution < 1.29 is 23.4 Å². The standard InChI is InChI=1S/C26H29N3O5/c1-18-4-2-5-19(10-18)13-29(14-20-7-8-23-24(11-20)34-17-33-23)15-25-28-22(16-32-25)26(30)27-12-21-6-3-9-31-21/h2,4-5,7-8,10-11,16,21H,3,6,9,12-15,17H2,1H3,(H,27,30)/t21-/m0/s1. The van der Waals surface area contributed by atoms with Gasteiger partial charge in [-0.3, -0.25) is 9.69 Å². The zero-order valence-electron chi connectivity index (χ0n) is 19.3.